The van der Waals surface area contributed by atoms with E-state index in [1.807, 2.05) is 54.4 Å². The molecular formula is C27H25N3O2S2. The number of aliphatic imine (C=N–C) groups is 1. The van der Waals surface area contributed by atoms with Crippen molar-refractivity contribution in [2.24, 2.45) is 4.99 Å². The topological polar surface area (TPSA) is 56.1 Å². The second kappa shape index (κ2) is 8.71. The number of aromatic hydroxyl groups is 1. The number of para-hydroxylation sites is 1. The predicted molar refractivity (Wildman–Crippen MR) is 142 cm³/mol. The molecule has 1 amide bonds. The Hall–Kier alpha value is -2.90. The summed E-state index contributed by atoms with van der Waals surface area (Å²) in [7, 11) is 2.02. The zero-order chi connectivity index (χ0) is 23.2. The largest absolute Gasteiger partial charge is 0.506 e. The first-order valence-electron chi connectivity index (χ1n) is 11.7. The van der Waals surface area contributed by atoms with E-state index in [1.165, 1.54) is 18.2 Å². The van der Waals surface area contributed by atoms with Crippen LogP contribution in [-0.4, -0.2) is 34.2 Å². The molecule has 0 atom stereocenters. The lowest BCUT2D eigenvalue weighted by molar-refractivity contribution is -0.124. The Morgan fingerprint density at radius 1 is 0.941 bits per heavy atom. The van der Waals surface area contributed by atoms with E-state index in [4.69, 9.17) is 4.99 Å². The minimum atomic E-state index is 0.0255. The molecule has 34 heavy (non-hydrogen) atoms. The van der Waals surface area contributed by atoms with Crippen molar-refractivity contribution in [1.82, 2.24) is 4.90 Å². The quantitative estimate of drug-likeness (QED) is 0.401. The molecule has 0 unspecified atom stereocenters. The molecule has 3 aromatic carbocycles. The average Bonchev–Trinajstić information content (AvgIpc) is 3.37. The molecule has 1 aliphatic carbocycles. The number of phenols is 1. The summed E-state index contributed by atoms with van der Waals surface area (Å²) in [6.45, 7) is 0. The molecule has 172 valence electrons. The van der Waals surface area contributed by atoms with Gasteiger partial charge in [0.25, 0.3) is 5.91 Å². The maximum atomic E-state index is 13.9. The molecule has 3 aromatic rings. The van der Waals surface area contributed by atoms with Gasteiger partial charge in [-0.15, -0.1) is 0 Å². The van der Waals surface area contributed by atoms with Gasteiger partial charge in [0.05, 0.1) is 10.7 Å². The molecule has 6 rings (SSSR count). The van der Waals surface area contributed by atoms with Crippen molar-refractivity contribution >= 4 is 56.7 Å². The van der Waals surface area contributed by atoms with Crippen LogP contribution in [0.3, 0.4) is 0 Å². The van der Waals surface area contributed by atoms with Crippen LogP contribution in [0.4, 0.5) is 11.4 Å². The van der Waals surface area contributed by atoms with Crippen LogP contribution in [0.2, 0.25) is 0 Å². The van der Waals surface area contributed by atoms with E-state index in [9.17, 15) is 9.90 Å². The fraction of sp³-hybridized carbons (Fsp3) is 0.259. The number of phenolic OH excluding ortho intramolecular Hbond substituents is 1. The molecule has 3 aliphatic rings. The fourth-order valence-corrected chi connectivity index (χ4v) is 7.40. The Labute approximate surface area is 207 Å². The number of amides is 1. The summed E-state index contributed by atoms with van der Waals surface area (Å²) in [6, 6.07) is 19.9. The summed E-state index contributed by atoms with van der Waals surface area (Å²) in [6.07, 6.45) is 5.43. The van der Waals surface area contributed by atoms with Gasteiger partial charge in [0.15, 0.2) is 5.17 Å². The molecule has 0 spiro atoms. The molecule has 2 aliphatic heterocycles. The molecular weight excluding hydrogens is 462 g/mol. The Bertz CT molecular complexity index is 1360. The molecule has 0 bridgehead atoms. The van der Waals surface area contributed by atoms with Crippen LogP contribution in [0.25, 0.3) is 10.8 Å². The molecule has 0 radical (unpaired) electrons. The average molecular weight is 488 g/mol. The van der Waals surface area contributed by atoms with E-state index >= 15 is 0 Å². The van der Waals surface area contributed by atoms with Crippen molar-refractivity contribution in [1.29, 1.82) is 0 Å². The van der Waals surface area contributed by atoms with Gasteiger partial charge in [-0.25, -0.2) is 4.99 Å². The predicted octanol–water partition coefficient (Wildman–Crippen LogP) is 6.85. The van der Waals surface area contributed by atoms with Crippen molar-refractivity contribution < 1.29 is 9.90 Å². The zero-order valence-electron chi connectivity index (χ0n) is 18.9. The number of fused-ring (bicyclic) bond motifs is 2. The Morgan fingerprint density at radius 3 is 2.53 bits per heavy atom. The highest BCUT2D eigenvalue weighted by molar-refractivity contribution is 8.19. The maximum Gasteiger partial charge on any atom is 0.269 e. The summed E-state index contributed by atoms with van der Waals surface area (Å²) >= 11 is 3.08. The van der Waals surface area contributed by atoms with Crippen LogP contribution in [0.5, 0.6) is 5.75 Å². The number of rotatable bonds is 2. The summed E-state index contributed by atoms with van der Waals surface area (Å²) in [5.41, 5.74) is 1.64. The number of carbonyl (C=O) groups is 1. The SMILES string of the molecule is CN1/C(=C2/S/C(=N/c3c(O)ccc4ccccc34)N(C3CCCCC3)C2=O)Sc2ccccc21. The molecule has 2 fully saturated rings. The first-order valence-corrected chi connectivity index (χ1v) is 13.3. The Morgan fingerprint density at radius 2 is 1.71 bits per heavy atom. The smallest absolute Gasteiger partial charge is 0.269 e. The van der Waals surface area contributed by atoms with Crippen molar-refractivity contribution in [3.63, 3.8) is 0 Å². The minimum absolute atomic E-state index is 0.0255. The van der Waals surface area contributed by atoms with E-state index < -0.39 is 0 Å². The van der Waals surface area contributed by atoms with Gasteiger partial charge >= 0.3 is 0 Å². The Kier molecular flexibility index (Phi) is 5.54. The van der Waals surface area contributed by atoms with Gasteiger partial charge in [0.1, 0.15) is 16.3 Å². The summed E-state index contributed by atoms with van der Waals surface area (Å²) in [5.74, 6) is 0.154. The third-order valence-corrected chi connectivity index (χ3v) is 9.18. The molecule has 7 heteroatoms. The van der Waals surface area contributed by atoms with Gasteiger partial charge in [0, 0.05) is 23.4 Å². The standard InChI is InChI=1S/C27H25N3O2S2/c1-29-20-13-7-8-14-22(20)33-26(29)24-25(32)30(18-10-3-2-4-11-18)27(34-24)28-23-19-12-6-5-9-17(19)15-16-21(23)31/h5-9,12-16,18,31H,2-4,10-11H2,1H3/b26-24-,28-27+. The number of carbonyl (C=O) groups excluding carboxylic acids is 1. The van der Waals surface area contributed by atoms with Gasteiger partial charge in [-0.05, 0) is 48.2 Å². The zero-order valence-corrected chi connectivity index (χ0v) is 20.5. The first-order chi connectivity index (χ1) is 16.6. The van der Waals surface area contributed by atoms with Crippen molar-refractivity contribution in [2.75, 3.05) is 11.9 Å². The molecule has 2 heterocycles. The van der Waals surface area contributed by atoms with E-state index in [-0.39, 0.29) is 17.7 Å². The van der Waals surface area contributed by atoms with Gasteiger partial charge in [0.2, 0.25) is 0 Å². The van der Waals surface area contributed by atoms with Crippen LogP contribution < -0.4 is 4.90 Å². The van der Waals surface area contributed by atoms with Gasteiger partial charge < -0.3 is 10.0 Å². The highest BCUT2D eigenvalue weighted by atomic mass is 32.2. The summed E-state index contributed by atoms with van der Waals surface area (Å²) in [5, 5.41) is 14.2. The van der Waals surface area contributed by atoms with Gasteiger partial charge in [-0.2, -0.15) is 0 Å². The van der Waals surface area contributed by atoms with E-state index in [2.05, 4.69) is 17.0 Å². The number of nitrogens with zero attached hydrogens (tertiary/aromatic N) is 3. The monoisotopic (exact) mass is 487 g/mol. The first kappa shape index (κ1) is 21.6. The van der Waals surface area contributed by atoms with Gasteiger partial charge in [-0.1, -0.05) is 73.5 Å². The third-order valence-electron chi connectivity index (χ3n) is 6.77. The number of hydrogen-bond donors (Lipinski definition) is 1. The second-order valence-electron chi connectivity index (χ2n) is 8.88. The van der Waals surface area contributed by atoms with Crippen molar-refractivity contribution in [3.05, 3.63) is 70.6 Å². The number of anilines is 1. The molecule has 1 saturated carbocycles. The van der Waals surface area contributed by atoms with Crippen LogP contribution in [0.1, 0.15) is 32.1 Å². The van der Waals surface area contributed by atoms with Crippen molar-refractivity contribution in [2.45, 2.75) is 43.0 Å². The van der Waals surface area contributed by atoms with Crippen LogP contribution in [0, 0.1) is 0 Å². The number of thioether (sulfide) groups is 2. The number of amidine groups is 1. The number of benzene rings is 3. The van der Waals surface area contributed by atoms with Crippen molar-refractivity contribution in [3.8, 4) is 5.75 Å². The molecule has 0 aromatic heterocycles. The Balaban J connectivity index is 1.48. The van der Waals surface area contributed by atoms with Crippen LogP contribution >= 0.6 is 23.5 Å². The lowest BCUT2D eigenvalue weighted by atomic mass is 9.94. The second-order valence-corrected chi connectivity index (χ2v) is 10.9. The van der Waals surface area contributed by atoms with E-state index in [0.717, 1.165) is 52.1 Å². The van der Waals surface area contributed by atoms with Crippen LogP contribution in [-0.2, 0) is 4.79 Å². The van der Waals surface area contributed by atoms with Crippen LogP contribution in [0.15, 0.2) is 80.5 Å². The van der Waals surface area contributed by atoms with E-state index in [1.54, 1.807) is 17.8 Å². The minimum Gasteiger partial charge on any atom is -0.506 e. The maximum absolute atomic E-state index is 13.9. The normalized spacial score (nSPS) is 22.3. The summed E-state index contributed by atoms with van der Waals surface area (Å²) < 4.78 is 0. The highest BCUT2D eigenvalue weighted by Gasteiger charge is 2.42. The highest BCUT2D eigenvalue weighted by Crippen LogP contribution is 2.51. The lowest BCUT2D eigenvalue weighted by Crippen LogP contribution is -2.40. The molecule has 5 nitrogen and oxygen atoms in total. The van der Waals surface area contributed by atoms with E-state index in [0.29, 0.717) is 15.8 Å². The summed E-state index contributed by atoms with van der Waals surface area (Å²) in [4.78, 5) is 24.7. The number of hydrogen-bond acceptors (Lipinski definition) is 6. The fourth-order valence-electron chi connectivity index (χ4n) is 5.01. The van der Waals surface area contributed by atoms with Gasteiger partial charge in [-0.3, -0.25) is 9.69 Å². The third kappa shape index (κ3) is 3.58. The lowest BCUT2D eigenvalue weighted by Gasteiger charge is -2.30. The molecule has 1 N–H and O–H groups in total. The molecule has 1 saturated heterocycles.